The van der Waals surface area contributed by atoms with Crippen LogP contribution in [0.2, 0.25) is 0 Å². The van der Waals surface area contributed by atoms with Crippen LogP contribution in [0, 0.1) is 12.5 Å². The molecular formula is C6H2N4. The van der Waals surface area contributed by atoms with Crippen molar-refractivity contribution in [1.29, 1.82) is 0 Å². The Kier molecular flexibility index (Phi) is 1.04. The van der Waals surface area contributed by atoms with E-state index < -0.39 is 0 Å². The second-order valence-electron chi connectivity index (χ2n) is 1.66. The minimum absolute atomic E-state index is 0.525. The predicted molar refractivity (Wildman–Crippen MR) is 32.8 cm³/mol. The molecule has 0 aromatic carbocycles. The van der Waals surface area contributed by atoms with E-state index in [4.69, 9.17) is 0 Å². The van der Waals surface area contributed by atoms with Crippen LogP contribution in [0.15, 0.2) is 12.4 Å². The van der Waals surface area contributed by atoms with Crippen LogP contribution in [-0.2, 0) is 0 Å². The molecule has 0 aliphatic rings. The SMILES string of the molecule is [c]1n[c]c2nccnc2n1. The van der Waals surface area contributed by atoms with Crippen molar-refractivity contribution in [3.05, 3.63) is 24.9 Å². The Morgan fingerprint density at radius 1 is 1.20 bits per heavy atom. The summed E-state index contributed by atoms with van der Waals surface area (Å²) in [4.78, 5) is 15.1. The van der Waals surface area contributed by atoms with Gasteiger partial charge in [0.05, 0.1) is 0 Å². The zero-order valence-electron chi connectivity index (χ0n) is 4.94. The van der Waals surface area contributed by atoms with Crippen LogP contribution in [0.1, 0.15) is 0 Å². The molecule has 4 heteroatoms. The Labute approximate surface area is 57.0 Å². The number of fused-ring (bicyclic) bond motifs is 1. The standard InChI is InChI=1S/C6H2N4/c1-2-9-6-5(8-1)3-7-4-10-6/h1-2H. The van der Waals surface area contributed by atoms with E-state index in [0.29, 0.717) is 11.2 Å². The van der Waals surface area contributed by atoms with Gasteiger partial charge in [0.1, 0.15) is 11.7 Å². The first-order valence-corrected chi connectivity index (χ1v) is 2.69. The van der Waals surface area contributed by atoms with Crippen LogP contribution in [0.25, 0.3) is 11.2 Å². The zero-order chi connectivity index (χ0) is 6.81. The lowest BCUT2D eigenvalue weighted by atomic mass is 10.5. The maximum Gasteiger partial charge on any atom is 0.200 e. The van der Waals surface area contributed by atoms with E-state index in [1.165, 1.54) is 0 Å². The predicted octanol–water partition coefficient (Wildman–Crippen LogP) is 0.0202. The molecule has 0 bridgehead atoms. The van der Waals surface area contributed by atoms with Crippen molar-refractivity contribution in [3.8, 4) is 0 Å². The van der Waals surface area contributed by atoms with E-state index in [2.05, 4.69) is 32.5 Å². The second kappa shape index (κ2) is 1.98. The first kappa shape index (κ1) is 5.22. The van der Waals surface area contributed by atoms with Gasteiger partial charge in [0, 0.05) is 12.4 Å². The molecule has 0 saturated carbocycles. The number of nitrogens with zero attached hydrogens (tertiary/aromatic N) is 4. The first-order chi connectivity index (χ1) is 4.97. The molecule has 0 saturated heterocycles. The molecule has 2 aromatic heterocycles. The number of hydrogen-bond acceptors (Lipinski definition) is 4. The molecule has 2 rings (SSSR count). The third-order valence-corrected chi connectivity index (χ3v) is 1.05. The fourth-order valence-electron chi connectivity index (χ4n) is 0.642. The number of hydrogen-bond donors (Lipinski definition) is 0. The van der Waals surface area contributed by atoms with Crippen LogP contribution >= 0.6 is 0 Å². The van der Waals surface area contributed by atoms with Crippen LogP contribution in [-0.4, -0.2) is 19.9 Å². The van der Waals surface area contributed by atoms with Gasteiger partial charge >= 0.3 is 0 Å². The van der Waals surface area contributed by atoms with Crippen molar-refractivity contribution in [2.45, 2.75) is 0 Å². The molecule has 0 fully saturated rings. The molecule has 46 valence electrons. The molecule has 0 N–H and O–H groups in total. The summed E-state index contributed by atoms with van der Waals surface area (Å²) in [6.07, 6.45) is 8.12. The molecule has 2 heterocycles. The van der Waals surface area contributed by atoms with Gasteiger partial charge in [0.25, 0.3) is 0 Å². The Morgan fingerprint density at radius 3 is 3.00 bits per heavy atom. The minimum atomic E-state index is 0.525. The van der Waals surface area contributed by atoms with Gasteiger partial charge in [0.15, 0.2) is 5.65 Å². The van der Waals surface area contributed by atoms with Gasteiger partial charge < -0.3 is 0 Å². The summed E-state index contributed by atoms with van der Waals surface area (Å²) in [7, 11) is 0. The normalized spacial score (nSPS) is 10.0. The third-order valence-electron chi connectivity index (χ3n) is 1.05. The molecule has 4 nitrogen and oxygen atoms in total. The summed E-state index contributed by atoms with van der Waals surface area (Å²) in [6, 6.07) is 0. The molecule has 0 unspecified atom stereocenters. The topological polar surface area (TPSA) is 51.6 Å². The lowest BCUT2D eigenvalue weighted by molar-refractivity contribution is 1.13. The zero-order valence-corrected chi connectivity index (χ0v) is 4.94. The van der Waals surface area contributed by atoms with Gasteiger partial charge in [-0.15, -0.1) is 0 Å². The first-order valence-electron chi connectivity index (χ1n) is 2.69. The third kappa shape index (κ3) is 0.699. The van der Waals surface area contributed by atoms with Gasteiger partial charge in [-0.2, -0.15) is 0 Å². The Balaban J connectivity index is 2.89. The van der Waals surface area contributed by atoms with Crippen LogP contribution < -0.4 is 0 Å². The average molecular weight is 130 g/mol. The molecule has 0 aliphatic carbocycles. The van der Waals surface area contributed by atoms with E-state index in [9.17, 15) is 0 Å². The van der Waals surface area contributed by atoms with Crippen LogP contribution in [0.5, 0.6) is 0 Å². The summed E-state index contributed by atoms with van der Waals surface area (Å²) in [5.74, 6) is 0. The summed E-state index contributed by atoms with van der Waals surface area (Å²) < 4.78 is 0. The molecular weight excluding hydrogens is 128 g/mol. The molecule has 0 amide bonds. The van der Waals surface area contributed by atoms with E-state index >= 15 is 0 Å². The quantitative estimate of drug-likeness (QED) is 0.504. The summed E-state index contributed by atoms with van der Waals surface area (Å²) in [6.45, 7) is 0. The highest BCUT2D eigenvalue weighted by molar-refractivity contribution is 5.65. The molecule has 10 heavy (non-hydrogen) atoms. The van der Waals surface area contributed by atoms with Gasteiger partial charge in [-0.3, -0.25) is 0 Å². The minimum Gasteiger partial charge on any atom is -0.249 e. The molecule has 2 radical (unpaired) electrons. The lowest BCUT2D eigenvalue weighted by Gasteiger charge is -1.87. The highest BCUT2D eigenvalue weighted by atomic mass is 14.9. The summed E-state index contributed by atoms with van der Waals surface area (Å²) in [5, 5.41) is 0. The molecule has 0 atom stereocenters. The van der Waals surface area contributed by atoms with Gasteiger partial charge in [-0.25, -0.2) is 19.9 Å². The fourth-order valence-corrected chi connectivity index (χ4v) is 0.642. The smallest absolute Gasteiger partial charge is 0.200 e. The van der Waals surface area contributed by atoms with Crippen molar-refractivity contribution in [1.82, 2.24) is 19.9 Å². The van der Waals surface area contributed by atoms with E-state index in [0.717, 1.165) is 0 Å². The second-order valence-corrected chi connectivity index (χ2v) is 1.66. The highest BCUT2D eigenvalue weighted by Crippen LogP contribution is 1.97. The van der Waals surface area contributed by atoms with Gasteiger partial charge in [0.2, 0.25) is 6.33 Å². The monoisotopic (exact) mass is 130 g/mol. The molecule has 0 aliphatic heterocycles. The van der Waals surface area contributed by atoms with Crippen molar-refractivity contribution < 1.29 is 0 Å². The van der Waals surface area contributed by atoms with Gasteiger partial charge in [-0.1, -0.05) is 0 Å². The summed E-state index contributed by atoms with van der Waals surface area (Å²) in [5.41, 5.74) is 1.10. The van der Waals surface area contributed by atoms with Crippen molar-refractivity contribution in [2.75, 3.05) is 0 Å². The summed E-state index contributed by atoms with van der Waals surface area (Å²) >= 11 is 0. The Hall–Kier alpha value is -1.58. The van der Waals surface area contributed by atoms with E-state index in [-0.39, 0.29) is 0 Å². The fraction of sp³-hybridized carbons (Fsp3) is 0. The van der Waals surface area contributed by atoms with E-state index in [1.807, 2.05) is 0 Å². The van der Waals surface area contributed by atoms with Gasteiger partial charge in [-0.05, 0) is 0 Å². The van der Waals surface area contributed by atoms with Crippen molar-refractivity contribution >= 4 is 11.2 Å². The Bertz CT molecular complexity index is 281. The van der Waals surface area contributed by atoms with Crippen LogP contribution in [0.3, 0.4) is 0 Å². The maximum absolute atomic E-state index is 3.92. The molecule has 2 aromatic rings. The largest absolute Gasteiger partial charge is 0.249 e. The average Bonchev–Trinajstić information content (AvgIpc) is 2.05. The number of aromatic nitrogens is 4. The van der Waals surface area contributed by atoms with E-state index in [1.54, 1.807) is 12.4 Å². The Morgan fingerprint density at radius 2 is 2.10 bits per heavy atom. The highest BCUT2D eigenvalue weighted by Gasteiger charge is 1.92. The molecule has 0 spiro atoms. The maximum atomic E-state index is 3.92. The van der Waals surface area contributed by atoms with Crippen molar-refractivity contribution in [2.24, 2.45) is 0 Å². The van der Waals surface area contributed by atoms with Crippen molar-refractivity contribution in [3.63, 3.8) is 0 Å². The lowest BCUT2D eigenvalue weighted by Crippen LogP contribution is -1.86. The number of rotatable bonds is 0. The van der Waals surface area contributed by atoms with Crippen LogP contribution in [0.4, 0.5) is 0 Å².